The van der Waals surface area contributed by atoms with Crippen molar-refractivity contribution in [1.82, 2.24) is 4.31 Å². The number of sulfonamides is 1. The van der Waals surface area contributed by atoms with Crippen molar-refractivity contribution >= 4 is 27.3 Å². The average molecular weight is 291 g/mol. The van der Waals surface area contributed by atoms with Gasteiger partial charge in [-0.3, -0.25) is 0 Å². The summed E-state index contributed by atoms with van der Waals surface area (Å²) < 4.78 is 25.6. The first kappa shape index (κ1) is 15.3. The van der Waals surface area contributed by atoms with E-state index in [1.807, 2.05) is 13.8 Å². The third kappa shape index (κ3) is 3.37. The molecule has 0 saturated carbocycles. The molecule has 0 atom stereocenters. The molecule has 6 heteroatoms. The predicted molar refractivity (Wildman–Crippen MR) is 75.7 cm³/mol. The van der Waals surface area contributed by atoms with Crippen molar-refractivity contribution in [2.45, 2.75) is 24.3 Å². The van der Waals surface area contributed by atoms with Crippen LogP contribution in [0.25, 0.3) is 0 Å². The highest BCUT2D eigenvalue weighted by atomic mass is 35.5. The zero-order chi connectivity index (χ0) is 14.0. The minimum absolute atomic E-state index is 0.258. The molecular weight excluding hydrogens is 272 g/mol. The molecule has 0 fully saturated rings. The van der Waals surface area contributed by atoms with E-state index in [4.69, 9.17) is 11.6 Å². The van der Waals surface area contributed by atoms with Crippen LogP contribution < -0.4 is 5.32 Å². The van der Waals surface area contributed by atoms with Crippen LogP contribution in [0.2, 0.25) is 0 Å². The SMILES string of the molecule is CN(C)S(=O)(=O)c1ccccc1NC(C)(C)CCl. The number of anilines is 1. The monoisotopic (exact) mass is 290 g/mol. The van der Waals surface area contributed by atoms with Crippen LogP contribution in [0, 0.1) is 0 Å². The zero-order valence-electron chi connectivity index (χ0n) is 11.1. The summed E-state index contributed by atoms with van der Waals surface area (Å²) in [6.07, 6.45) is 0. The molecule has 0 heterocycles. The Hall–Kier alpha value is -0.780. The van der Waals surface area contributed by atoms with Gasteiger partial charge in [-0.2, -0.15) is 0 Å². The average Bonchev–Trinajstić information content (AvgIpc) is 2.29. The maximum absolute atomic E-state index is 12.2. The molecule has 4 nitrogen and oxygen atoms in total. The Kier molecular flexibility index (Phi) is 4.64. The van der Waals surface area contributed by atoms with Crippen LogP contribution in [0.5, 0.6) is 0 Å². The fourth-order valence-electron chi connectivity index (χ4n) is 1.39. The number of nitrogens with zero attached hydrogens (tertiary/aromatic N) is 1. The van der Waals surface area contributed by atoms with Gasteiger partial charge in [-0.25, -0.2) is 12.7 Å². The molecule has 0 amide bonds. The first-order valence-electron chi connectivity index (χ1n) is 5.56. The quantitative estimate of drug-likeness (QED) is 0.847. The van der Waals surface area contributed by atoms with Crippen LogP contribution in [0.4, 0.5) is 5.69 Å². The molecule has 0 aromatic heterocycles. The van der Waals surface area contributed by atoms with E-state index in [0.717, 1.165) is 0 Å². The van der Waals surface area contributed by atoms with Crippen LogP contribution in [-0.4, -0.2) is 38.2 Å². The molecule has 0 bridgehead atoms. The van der Waals surface area contributed by atoms with Crippen molar-refractivity contribution in [3.05, 3.63) is 24.3 Å². The summed E-state index contributed by atoms with van der Waals surface area (Å²) in [5, 5.41) is 3.16. The van der Waals surface area contributed by atoms with Gasteiger partial charge in [0.15, 0.2) is 0 Å². The minimum Gasteiger partial charge on any atom is -0.378 e. The van der Waals surface area contributed by atoms with E-state index < -0.39 is 10.0 Å². The van der Waals surface area contributed by atoms with Gasteiger partial charge in [0, 0.05) is 25.5 Å². The van der Waals surface area contributed by atoms with E-state index in [1.165, 1.54) is 18.4 Å². The molecule has 102 valence electrons. The van der Waals surface area contributed by atoms with Crippen LogP contribution in [-0.2, 0) is 10.0 Å². The van der Waals surface area contributed by atoms with E-state index in [9.17, 15) is 8.42 Å². The van der Waals surface area contributed by atoms with E-state index in [-0.39, 0.29) is 10.4 Å². The molecule has 0 aliphatic rings. The molecule has 0 aliphatic heterocycles. The van der Waals surface area contributed by atoms with Gasteiger partial charge in [0.05, 0.1) is 5.69 Å². The van der Waals surface area contributed by atoms with Gasteiger partial charge in [-0.1, -0.05) is 12.1 Å². The van der Waals surface area contributed by atoms with Crippen molar-refractivity contribution in [3.8, 4) is 0 Å². The third-order valence-electron chi connectivity index (χ3n) is 2.45. The van der Waals surface area contributed by atoms with Gasteiger partial charge in [0.1, 0.15) is 4.90 Å². The molecule has 0 unspecified atom stereocenters. The highest BCUT2D eigenvalue weighted by Crippen LogP contribution is 2.26. The summed E-state index contributed by atoms with van der Waals surface area (Å²) in [4.78, 5) is 0.258. The Balaban J connectivity index is 3.24. The fraction of sp³-hybridized carbons (Fsp3) is 0.500. The van der Waals surface area contributed by atoms with Crippen LogP contribution >= 0.6 is 11.6 Å². The van der Waals surface area contributed by atoms with E-state index >= 15 is 0 Å². The molecule has 0 aliphatic carbocycles. The van der Waals surface area contributed by atoms with Gasteiger partial charge in [0.2, 0.25) is 10.0 Å². The van der Waals surface area contributed by atoms with Gasteiger partial charge in [0.25, 0.3) is 0 Å². The minimum atomic E-state index is -3.46. The number of rotatable bonds is 5. The number of benzene rings is 1. The number of hydrogen-bond donors (Lipinski definition) is 1. The first-order chi connectivity index (χ1) is 8.20. The molecule has 0 saturated heterocycles. The van der Waals surface area contributed by atoms with Gasteiger partial charge in [-0.05, 0) is 26.0 Å². The summed E-state index contributed by atoms with van der Waals surface area (Å²) in [7, 11) is -0.435. The summed E-state index contributed by atoms with van der Waals surface area (Å²) >= 11 is 5.85. The second-order valence-electron chi connectivity index (χ2n) is 4.93. The largest absolute Gasteiger partial charge is 0.378 e. The number of para-hydroxylation sites is 1. The van der Waals surface area contributed by atoms with Crippen molar-refractivity contribution in [3.63, 3.8) is 0 Å². The van der Waals surface area contributed by atoms with Crippen molar-refractivity contribution in [2.75, 3.05) is 25.3 Å². The Morgan fingerprint density at radius 3 is 2.33 bits per heavy atom. The topological polar surface area (TPSA) is 49.4 Å². The lowest BCUT2D eigenvalue weighted by atomic mass is 10.1. The molecule has 0 spiro atoms. The Bertz CT molecular complexity index is 513. The number of halogens is 1. The van der Waals surface area contributed by atoms with E-state index in [0.29, 0.717) is 11.6 Å². The maximum atomic E-state index is 12.2. The molecule has 0 radical (unpaired) electrons. The smallest absolute Gasteiger partial charge is 0.244 e. The van der Waals surface area contributed by atoms with Crippen molar-refractivity contribution < 1.29 is 8.42 Å². The normalized spacial score (nSPS) is 12.8. The summed E-state index contributed by atoms with van der Waals surface area (Å²) in [5.41, 5.74) is 0.191. The fourth-order valence-corrected chi connectivity index (χ4v) is 2.50. The number of hydrogen-bond acceptors (Lipinski definition) is 3. The highest BCUT2D eigenvalue weighted by Gasteiger charge is 2.24. The predicted octanol–water partition coefficient (Wildman–Crippen LogP) is 2.37. The zero-order valence-corrected chi connectivity index (χ0v) is 12.6. The standard InChI is InChI=1S/C12H19ClN2O2S/c1-12(2,9-13)14-10-7-5-6-8-11(10)18(16,17)15(3)4/h5-8,14H,9H2,1-4H3. The van der Waals surface area contributed by atoms with Crippen molar-refractivity contribution in [2.24, 2.45) is 0 Å². The second kappa shape index (κ2) is 5.47. The lowest BCUT2D eigenvalue weighted by Gasteiger charge is -2.26. The molecule has 18 heavy (non-hydrogen) atoms. The third-order valence-corrected chi connectivity index (χ3v) is 4.99. The maximum Gasteiger partial charge on any atom is 0.244 e. The Morgan fingerprint density at radius 1 is 1.28 bits per heavy atom. The van der Waals surface area contributed by atoms with E-state index in [2.05, 4.69) is 5.32 Å². The summed E-state index contributed by atoms with van der Waals surface area (Å²) in [5.74, 6) is 0.378. The number of nitrogens with one attached hydrogen (secondary N) is 1. The highest BCUT2D eigenvalue weighted by molar-refractivity contribution is 7.89. The Labute approximate surface area is 114 Å². The number of alkyl halides is 1. The lowest BCUT2D eigenvalue weighted by Crippen LogP contribution is -2.34. The van der Waals surface area contributed by atoms with E-state index in [1.54, 1.807) is 24.3 Å². The summed E-state index contributed by atoms with van der Waals surface area (Å²) in [6.45, 7) is 3.83. The molecular formula is C12H19ClN2O2S. The van der Waals surface area contributed by atoms with Crippen LogP contribution in [0.3, 0.4) is 0 Å². The molecule has 1 aromatic carbocycles. The van der Waals surface area contributed by atoms with Crippen LogP contribution in [0.15, 0.2) is 29.2 Å². The molecule has 1 N–H and O–H groups in total. The van der Waals surface area contributed by atoms with Crippen LogP contribution in [0.1, 0.15) is 13.8 Å². The lowest BCUT2D eigenvalue weighted by molar-refractivity contribution is 0.520. The molecule has 1 aromatic rings. The van der Waals surface area contributed by atoms with Crippen molar-refractivity contribution in [1.29, 1.82) is 0 Å². The molecule has 1 rings (SSSR count). The first-order valence-corrected chi connectivity index (χ1v) is 7.54. The second-order valence-corrected chi connectivity index (χ2v) is 7.31. The Morgan fingerprint density at radius 2 is 1.83 bits per heavy atom. The van der Waals surface area contributed by atoms with Gasteiger partial charge < -0.3 is 5.32 Å². The van der Waals surface area contributed by atoms with Gasteiger partial charge in [-0.15, -0.1) is 11.6 Å². The summed E-state index contributed by atoms with van der Waals surface area (Å²) in [6, 6.07) is 6.82. The van der Waals surface area contributed by atoms with Gasteiger partial charge >= 0.3 is 0 Å².